The molecule has 0 aliphatic carbocycles. The summed E-state index contributed by atoms with van der Waals surface area (Å²) < 4.78 is 1.67. The van der Waals surface area contributed by atoms with Gasteiger partial charge in [-0.05, 0) is 26.3 Å². The van der Waals surface area contributed by atoms with Crippen LogP contribution in [0.25, 0.3) is 0 Å². The number of nitrogens with one attached hydrogen (secondary N) is 2. The van der Waals surface area contributed by atoms with Crippen molar-refractivity contribution in [3.05, 3.63) is 12.3 Å². The van der Waals surface area contributed by atoms with E-state index in [1.807, 2.05) is 13.1 Å². The summed E-state index contributed by atoms with van der Waals surface area (Å²) in [4.78, 5) is 12.0. The second-order valence-corrected chi connectivity index (χ2v) is 4.41. The van der Waals surface area contributed by atoms with Crippen LogP contribution in [0.15, 0.2) is 12.3 Å². The number of nitrogens with zero attached hydrogens (tertiary/aromatic N) is 2. The van der Waals surface area contributed by atoms with Gasteiger partial charge in [0.1, 0.15) is 5.82 Å². The van der Waals surface area contributed by atoms with Gasteiger partial charge in [0.25, 0.3) is 0 Å². The molecule has 88 valence electrons. The number of anilines is 1. The van der Waals surface area contributed by atoms with Gasteiger partial charge in [0, 0.05) is 25.1 Å². The third-order valence-corrected chi connectivity index (χ3v) is 3.07. The third-order valence-electron chi connectivity index (χ3n) is 3.07. The first-order valence-corrected chi connectivity index (χ1v) is 5.69. The van der Waals surface area contributed by atoms with Gasteiger partial charge in [-0.2, -0.15) is 5.10 Å². The second-order valence-electron chi connectivity index (χ2n) is 4.41. The fourth-order valence-corrected chi connectivity index (χ4v) is 2.09. The summed E-state index contributed by atoms with van der Waals surface area (Å²) >= 11 is 0. The van der Waals surface area contributed by atoms with Crippen LogP contribution >= 0.6 is 0 Å². The van der Waals surface area contributed by atoms with Gasteiger partial charge in [-0.15, -0.1) is 0 Å². The van der Waals surface area contributed by atoms with Crippen molar-refractivity contribution in [2.75, 3.05) is 11.9 Å². The molecule has 0 radical (unpaired) electrons. The van der Waals surface area contributed by atoms with E-state index in [4.69, 9.17) is 0 Å². The summed E-state index contributed by atoms with van der Waals surface area (Å²) in [6.45, 7) is 3.04. The summed E-state index contributed by atoms with van der Waals surface area (Å²) in [5.74, 6) is 0.985. The molecule has 2 rings (SSSR count). The maximum Gasteiger partial charge on any atom is 0.228 e. The Balaban J connectivity index is 1.95. The van der Waals surface area contributed by atoms with E-state index in [0.29, 0.717) is 6.04 Å². The fraction of sp³-hybridized carbons (Fsp3) is 0.636. The van der Waals surface area contributed by atoms with Crippen molar-refractivity contribution in [1.29, 1.82) is 0 Å². The monoisotopic (exact) mass is 222 g/mol. The molecular weight excluding hydrogens is 204 g/mol. The molecule has 1 aromatic heterocycles. The molecule has 0 bridgehead atoms. The molecule has 1 fully saturated rings. The standard InChI is InChI=1S/C11H18N4O/c1-8-7-9(3-5-12-8)11(16)14-10-4-6-13-15(10)2/h4,6,8-9,12H,3,5,7H2,1-2H3,(H,14,16)/t8-,9-/m0/s1. The number of piperidine rings is 1. The molecule has 0 spiro atoms. The summed E-state index contributed by atoms with van der Waals surface area (Å²) in [6.07, 6.45) is 3.50. The number of aryl methyl sites for hydroxylation is 1. The number of rotatable bonds is 2. The Bertz CT molecular complexity index is 374. The van der Waals surface area contributed by atoms with Crippen LogP contribution in [0, 0.1) is 5.92 Å². The molecule has 5 nitrogen and oxygen atoms in total. The number of aromatic nitrogens is 2. The first kappa shape index (κ1) is 11.1. The molecule has 1 amide bonds. The van der Waals surface area contributed by atoms with E-state index in [2.05, 4.69) is 22.7 Å². The Morgan fingerprint density at radius 2 is 2.50 bits per heavy atom. The number of carbonyl (C=O) groups excluding carboxylic acids is 1. The van der Waals surface area contributed by atoms with Gasteiger partial charge >= 0.3 is 0 Å². The van der Waals surface area contributed by atoms with E-state index >= 15 is 0 Å². The Morgan fingerprint density at radius 3 is 3.12 bits per heavy atom. The van der Waals surface area contributed by atoms with Crippen LogP contribution in [0.2, 0.25) is 0 Å². The Hall–Kier alpha value is -1.36. The predicted octanol–water partition coefficient (Wildman–Crippen LogP) is 0.747. The van der Waals surface area contributed by atoms with E-state index in [-0.39, 0.29) is 11.8 Å². The molecule has 1 aliphatic heterocycles. The Labute approximate surface area is 95.2 Å². The highest BCUT2D eigenvalue weighted by Gasteiger charge is 2.24. The molecule has 0 aromatic carbocycles. The lowest BCUT2D eigenvalue weighted by Gasteiger charge is -2.26. The normalized spacial score (nSPS) is 25.4. The fourth-order valence-electron chi connectivity index (χ4n) is 2.09. The van der Waals surface area contributed by atoms with Crippen molar-refractivity contribution in [3.8, 4) is 0 Å². The van der Waals surface area contributed by atoms with Crippen molar-refractivity contribution < 1.29 is 4.79 Å². The van der Waals surface area contributed by atoms with Crippen LogP contribution in [0.4, 0.5) is 5.82 Å². The maximum atomic E-state index is 12.0. The zero-order valence-corrected chi connectivity index (χ0v) is 9.73. The Morgan fingerprint density at radius 1 is 1.69 bits per heavy atom. The summed E-state index contributed by atoms with van der Waals surface area (Å²) in [6, 6.07) is 2.23. The highest BCUT2D eigenvalue weighted by Crippen LogP contribution is 2.18. The van der Waals surface area contributed by atoms with E-state index in [1.54, 1.807) is 10.9 Å². The third kappa shape index (κ3) is 2.41. The lowest BCUT2D eigenvalue weighted by atomic mass is 9.92. The van der Waals surface area contributed by atoms with E-state index in [1.165, 1.54) is 0 Å². The molecule has 0 saturated carbocycles. The maximum absolute atomic E-state index is 12.0. The molecule has 2 heterocycles. The van der Waals surface area contributed by atoms with Crippen LogP contribution < -0.4 is 10.6 Å². The van der Waals surface area contributed by atoms with Gasteiger partial charge in [0.15, 0.2) is 0 Å². The molecule has 1 aliphatic rings. The quantitative estimate of drug-likeness (QED) is 0.776. The van der Waals surface area contributed by atoms with Gasteiger partial charge < -0.3 is 10.6 Å². The lowest BCUT2D eigenvalue weighted by Crippen LogP contribution is -2.40. The topological polar surface area (TPSA) is 59.0 Å². The molecular formula is C11H18N4O. The summed E-state index contributed by atoms with van der Waals surface area (Å²) in [5.41, 5.74) is 0. The molecule has 5 heteroatoms. The van der Waals surface area contributed by atoms with Crippen LogP contribution in [-0.4, -0.2) is 28.3 Å². The molecule has 2 atom stereocenters. The first-order valence-electron chi connectivity index (χ1n) is 5.69. The number of carbonyl (C=O) groups is 1. The highest BCUT2D eigenvalue weighted by molar-refractivity contribution is 5.91. The van der Waals surface area contributed by atoms with Crippen molar-refractivity contribution in [3.63, 3.8) is 0 Å². The van der Waals surface area contributed by atoms with Crippen molar-refractivity contribution in [2.24, 2.45) is 13.0 Å². The SMILES string of the molecule is C[C@H]1C[C@@H](C(=O)Nc2ccnn2C)CCN1. The van der Waals surface area contributed by atoms with Gasteiger partial charge in [-0.1, -0.05) is 0 Å². The molecule has 0 unspecified atom stereocenters. The van der Waals surface area contributed by atoms with Gasteiger partial charge in [-0.3, -0.25) is 9.48 Å². The average Bonchev–Trinajstić information content (AvgIpc) is 2.64. The zero-order chi connectivity index (χ0) is 11.5. The minimum atomic E-state index is 0.108. The number of hydrogen-bond donors (Lipinski definition) is 2. The van der Waals surface area contributed by atoms with Crippen LogP contribution in [0.3, 0.4) is 0 Å². The second kappa shape index (κ2) is 4.65. The van der Waals surface area contributed by atoms with E-state index in [9.17, 15) is 4.79 Å². The van der Waals surface area contributed by atoms with Gasteiger partial charge in [0.05, 0.1) is 6.20 Å². The summed E-state index contributed by atoms with van der Waals surface area (Å²) in [7, 11) is 1.82. The van der Waals surface area contributed by atoms with Crippen molar-refractivity contribution in [1.82, 2.24) is 15.1 Å². The minimum absolute atomic E-state index is 0.108. The molecule has 2 N–H and O–H groups in total. The van der Waals surface area contributed by atoms with Crippen molar-refractivity contribution in [2.45, 2.75) is 25.8 Å². The molecule has 1 saturated heterocycles. The molecule has 16 heavy (non-hydrogen) atoms. The number of amides is 1. The predicted molar refractivity (Wildman–Crippen MR) is 62.0 cm³/mol. The van der Waals surface area contributed by atoms with Crippen LogP contribution in [0.5, 0.6) is 0 Å². The average molecular weight is 222 g/mol. The first-order chi connectivity index (χ1) is 7.66. The smallest absolute Gasteiger partial charge is 0.228 e. The van der Waals surface area contributed by atoms with E-state index in [0.717, 1.165) is 25.2 Å². The minimum Gasteiger partial charge on any atom is -0.314 e. The molecule has 1 aromatic rings. The van der Waals surface area contributed by atoms with Crippen molar-refractivity contribution >= 4 is 11.7 Å². The van der Waals surface area contributed by atoms with E-state index < -0.39 is 0 Å². The van der Waals surface area contributed by atoms with Gasteiger partial charge in [0.2, 0.25) is 5.91 Å². The summed E-state index contributed by atoms with van der Waals surface area (Å²) in [5, 5.41) is 10.3. The van der Waals surface area contributed by atoms with Gasteiger partial charge in [-0.25, -0.2) is 0 Å². The largest absolute Gasteiger partial charge is 0.314 e. The lowest BCUT2D eigenvalue weighted by molar-refractivity contribution is -0.120. The van der Waals surface area contributed by atoms with Crippen LogP contribution in [-0.2, 0) is 11.8 Å². The highest BCUT2D eigenvalue weighted by atomic mass is 16.2. The van der Waals surface area contributed by atoms with Crippen LogP contribution in [0.1, 0.15) is 19.8 Å². The Kier molecular flexibility index (Phi) is 3.24. The number of hydrogen-bond acceptors (Lipinski definition) is 3. The zero-order valence-electron chi connectivity index (χ0n) is 9.73.